The van der Waals surface area contributed by atoms with Crippen molar-refractivity contribution in [3.05, 3.63) is 0 Å². The summed E-state index contributed by atoms with van der Waals surface area (Å²) >= 11 is 0. The molecule has 0 bridgehead atoms. The Labute approximate surface area is 180 Å². The molecular weight excluding hydrogens is 364 g/mol. The van der Waals surface area contributed by atoms with Crippen LogP contribution in [-0.4, -0.2) is 39.5 Å². The highest BCUT2D eigenvalue weighted by Gasteiger charge is 2.42. The van der Waals surface area contributed by atoms with E-state index in [9.17, 15) is 4.79 Å². The Hall–Kier alpha value is -0.610. The van der Waals surface area contributed by atoms with E-state index in [-0.39, 0.29) is 11.9 Å². The second kappa shape index (κ2) is 19.4. The molecule has 1 rings (SSSR count). The van der Waals surface area contributed by atoms with E-state index in [0.717, 1.165) is 32.5 Å². The van der Waals surface area contributed by atoms with Crippen LogP contribution in [0, 0.1) is 11.8 Å². The molecule has 4 heteroatoms. The summed E-state index contributed by atoms with van der Waals surface area (Å²) in [5.41, 5.74) is 0. The number of rotatable bonds is 22. The molecule has 0 amide bonds. The molecule has 29 heavy (non-hydrogen) atoms. The molecule has 0 aromatic rings. The summed E-state index contributed by atoms with van der Waals surface area (Å²) in [6.45, 7) is 5.30. The molecule has 0 radical (unpaired) electrons. The second-order valence-corrected chi connectivity index (χ2v) is 8.74. The van der Waals surface area contributed by atoms with Crippen LogP contribution in [0.5, 0.6) is 0 Å². The quantitative estimate of drug-likeness (QED) is 0.147. The Kier molecular flexibility index (Phi) is 17.6. The van der Waals surface area contributed by atoms with Crippen LogP contribution in [0.4, 0.5) is 0 Å². The fourth-order valence-corrected chi connectivity index (χ4v) is 4.00. The molecule has 0 N–H and O–H groups in total. The molecule has 2 atom stereocenters. The van der Waals surface area contributed by atoms with Gasteiger partial charge in [-0.15, -0.1) is 0 Å². The van der Waals surface area contributed by atoms with Crippen LogP contribution >= 0.6 is 0 Å². The fourth-order valence-electron chi connectivity index (χ4n) is 4.00. The van der Waals surface area contributed by atoms with Gasteiger partial charge in [0.05, 0.1) is 26.2 Å². The molecule has 172 valence electrons. The van der Waals surface area contributed by atoms with Crippen LogP contribution in [0.15, 0.2) is 0 Å². The summed E-state index contributed by atoms with van der Waals surface area (Å²) in [6, 6.07) is 0. The highest BCUT2D eigenvalue weighted by molar-refractivity contribution is 5.75. The maximum Gasteiger partial charge on any atom is 0.308 e. The first-order chi connectivity index (χ1) is 14.3. The average molecular weight is 413 g/mol. The highest BCUT2D eigenvalue weighted by Crippen LogP contribution is 2.42. The molecule has 0 saturated heterocycles. The fraction of sp³-hybridized carbons (Fsp3) is 0.960. The topological polar surface area (TPSA) is 44.8 Å². The lowest BCUT2D eigenvalue weighted by molar-refractivity contribution is -0.142. The molecule has 0 aliphatic heterocycles. The minimum atomic E-state index is -0.0440. The largest absolute Gasteiger partial charge is 0.469 e. The third-order valence-electron chi connectivity index (χ3n) is 6.05. The van der Waals surface area contributed by atoms with Gasteiger partial charge in [-0.05, 0) is 31.6 Å². The molecule has 0 aromatic heterocycles. The van der Waals surface area contributed by atoms with Crippen LogP contribution in [0.3, 0.4) is 0 Å². The van der Waals surface area contributed by atoms with E-state index in [4.69, 9.17) is 14.2 Å². The van der Waals surface area contributed by atoms with Crippen molar-refractivity contribution in [2.45, 2.75) is 110 Å². The number of carbonyl (C=O) groups excluding carboxylic acids is 1. The van der Waals surface area contributed by atoms with E-state index in [1.165, 1.54) is 90.6 Å². The van der Waals surface area contributed by atoms with E-state index in [2.05, 4.69) is 6.92 Å². The van der Waals surface area contributed by atoms with Crippen LogP contribution < -0.4 is 0 Å². The van der Waals surface area contributed by atoms with Crippen molar-refractivity contribution in [1.29, 1.82) is 0 Å². The molecule has 1 fully saturated rings. The number of hydrogen-bond donors (Lipinski definition) is 0. The van der Waals surface area contributed by atoms with Gasteiger partial charge in [0, 0.05) is 13.2 Å². The van der Waals surface area contributed by atoms with Gasteiger partial charge in [0.25, 0.3) is 0 Å². The summed E-state index contributed by atoms with van der Waals surface area (Å²) < 4.78 is 16.0. The van der Waals surface area contributed by atoms with Crippen LogP contribution in [0.2, 0.25) is 0 Å². The number of unbranched alkanes of at least 4 members (excludes halogenated alkanes) is 12. The van der Waals surface area contributed by atoms with E-state index in [1.54, 1.807) is 0 Å². The standard InChI is InChI=1S/C25H48O4/c1-3-4-5-6-7-8-9-10-11-12-13-14-15-18-28-20-21-29-19-16-17-23-22-24(23)25(26)27-2/h23-24H,3-22H2,1-2H3. The molecule has 0 heterocycles. The molecule has 0 aromatic carbocycles. The van der Waals surface area contributed by atoms with Gasteiger partial charge in [0.1, 0.15) is 0 Å². The Bertz CT molecular complexity index is 372. The zero-order chi connectivity index (χ0) is 21.0. The second-order valence-electron chi connectivity index (χ2n) is 8.74. The first-order valence-corrected chi connectivity index (χ1v) is 12.5. The van der Waals surface area contributed by atoms with Gasteiger partial charge in [-0.2, -0.15) is 0 Å². The third-order valence-corrected chi connectivity index (χ3v) is 6.05. The first kappa shape index (κ1) is 26.4. The molecule has 1 saturated carbocycles. The molecule has 2 unspecified atom stereocenters. The van der Waals surface area contributed by atoms with Crippen LogP contribution in [0.25, 0.3) is 0 Å². The van der Waals surface area contributed by atoms with Gasteiger partial charge in [0.15, 0.2) is 0 Å². The summed E-state index contributed by atoms with van der Waals surface area (Å²) in [5.74, 6) is 0.638. The van der Waals surface area contributed by atoms with Crippen molar-refractivity contribution in [3.63, 3.8) is 0 Å². The summed E-state index contributed by atoms with van der Waals surface area (Å²) in [5, 5.41) is 0. The molecule has 1 aliphatic carbocycles. The van der Waals surface area contributed by atoms with E-state index >= 15 is 0 Å². The van der Waals surface area contributed by atoms with Crippen molar-refractivity contribution in [2.24, 2.45) is 11.8 Å². The molecule has 1 aliphatic rings. The van der Waals surface area contributed by atoms with Gasteiger partial charge >= 0.3 is 5.97 Å². The summed E-state index contributed by atoms with van der Waals surface area (Å²) in [7, 11) is 1.47. The van der Waals surface area contributed by atoms with Gasteiger partial charge in [-0.3, -0.25) is 4.79 Å². The average Bonchev–Trinajstić information content (AvgIpc) is 3.51. The Morgan fingerprint density at radius 3 is 1.69 bits per heavy atom. The van der Waals surface area contributed by atoms with Crippen LogP contribution in [0.1, 0.15) is 110 Å². The van der Waals surface area contributed by atoms with E-state index in [0.29, 0.717) is 19.1 Å². The summed E-state index contributed by atoms with van der Waals surface area (Å²) in [6.07, 6.45) is 21.1. The maximum atomic E-state index is 11.3. The van der Waals surface area contributed by atoms with Crippen molar-refractivity contribution >= 4 is 5.97 Å². The normalized spacial score (nSPS) is 18.1. The summed E-state index contributed by atoms with van der Waals surface area (Å²) in [4.78, 5) is 11.3. The van der Waals surface area contributed by atoms with E-state index in [1.807, 2.05) is 0 Å². The predicted molar refractivity (Wildman–Crippen MR) is 120 cm³/mol. The monoisotopic (exact) mass is 412 g/mol. The Balaban J connectivity index is 1.65. The van der Waals surface area contributed by atoms with Crippen molar-refractivity contribution in [3.8, 4) is 0 Å². The van der Waals surface area contributed by atoms with Crippen LogP contribution in [-0.2, 0) is 19.0 Å². The smallest absolute Gasteiger partial charge is 0.308 e. The van der Waals surface area contributed by atoms with Gasteiger partial charge < -0.3 is 14.2 Å². The lowest BCUT2D eigenvalue weighted by atomic mass is 10.0. The number of hydrogen-bond acceptors (Lipinski definition) is 4. The lowest BCUT2D eigenvalue weighted by Gasteiger charge is -2.06. The van der Waals surface area contributed by atoms with Crippen molar-refractivity contribution in [2.75, 3.05) is 33.5 Å². The van der Waals surface area contributed by atoms with Gasteiger partial charge in [-0.25, -0.2) is 0 Å². The van der Waals surface area contributed by atoms with Gasteiger partial charge in [0.2, 0.25) is 0 Å². The first-order valence-electron chi connectivity index (χ1n) is 12.5. The number of methoxy groups -OCH3 is 1. The molecule has 4 nitrogen and oxygen atoms in total. The number of esters is 1. The SMILES string of the molecule is CCCCCCCCCCCCCCCOCCOCCCC1CC1C(=O)OC. The molecule has 0 spiro atoms. The Morgan fingerprint density at radius 1 is 0.690 bits per heavy atom. The zero-order valence-corrected chi connectivity index (χ0v) is 19.4. The van der Waals surface area contributed by atoms with Crippen molar-refractivity contribution in [1.82, 2.24) is 0 Å². The highest BCUT2D eigenvalue weighted by atomic mass is 16.5. The predicted octanol–water partition coefficient (Wildman–Crippen LogP) is 6.70. The zero-order valence-electron chi connectivity index (χ0n) is 19.4. The van der Waals surface area contributed by atoms with Gasteiger partial charge in [-0.1, -0.05) is 84.0 Å². The third kappa shape index (κ3) is 15.8. The maximum absolute atomic E-state index is 11.3. The Morgan fingerprint density at radius 2 is 1.17 bits per heavy atom. The molecular formula is C25H48O4. The minimum Gasteiger partial charge on any atom is -0.469 e. The lowest BCUT2D eigenvalue weighted by Crippen LogP contribution is -2.07. The minimum absolute atomic E-state index is 0.0440. The van der Waals surface area contributed by atoms with Crippen molar-refractivity contribution < 1.29 is 19.0 Å². The van der Waals surface area contributed by atoms with E-state index < -0.39 is 0 Å². The number of carbonyl (C=O) groups is 1. The number of ether oxygens (including phenoxy) is 3.